The second kappa shape index (κ2) is 10.0. The third-order valence-corrected chi connectivity index (χ3v) is 13.2. The number of carbonyl (C=O) groups excluding carboxylic acids is 2. The van der Waals surface area contributed by atoms with Gasteiger partial charge >= 0.3 is 0 Å². The van der Waals surface area contributed by atoms with Crippen LogP contribution in [0.15, 0.2) is 24.0 Å². The molecule has 0 aromatic heterocycles. The summed E-state index contributed by atoms with van der Waals surface area (Å²) in [6.07, 6.45) is 6.43. The van der Waals surface area contributed by atoms with Gasteiger partial charge in [0, 0.05) is 24.1 Å². The Bertz CT molecular complexity index is 835. The van der Waals surface area contributed by atoms with E-state index < -0.39 is 13.9 Å². The van der Waals surface area contributed by atoms with Gasteiger partial charge in [-0.15, -0.1) is 0 Å². The summed E-state index contributed by atoms with van der Waals surface area (Å²) in [6.45, 7) is 14.6. The fourth-order valence-electron chi connectivity index (χ4n) is 5.61. The number of nitrogens with zero attached hydrogens (tertiary/aromatic N) is 2. The van der Waals surface area contributed by atoms with Crippen LogP contribution in [0.2, 0.25) is 16.6 Å². The minimum Gasteiger partial charge on any atom is -0.486 e. The van der Waals surface area contributed by atoms with Crippen molar-refractivity contribution in [1.82, 2.24) is 4.90 Å². The molecular formula is C24H38N2O6Si. The first kappa shape index (κ1) is 25.5. The number of ketones is 1. The van der Waals surface area contributed by atoms with Gasteiger partial charge in [0.1, 0.15) is 12.4 Å². The van der Waals surface area contributed by atoms with Crippen LogP contribution in [-0.4, -0.2) is 67.4 Å². The minimum absolute atomic E-state index is 0.128. The molecule has 3 rings (SSSR count). The van der Waals surface area contributed by atoms with Crippen LogP contribution in [0.3, 0.4) is 0 Å². The van der Waals surface area contributed by atoms with Crippen LogP contribution in [0.1, 0.15) is 60.8 Å². The highest BCUT2D eigenvalue weighted by Crippen LogP contribution is 2.43. The summed E-state index contributed by atoms with van der Waals surface area (Å²) in [6, 6.07) is 0. The van der Waals surface area contributed by atoms with Crippen molar-refractivity contribution >= 4 is 25.7 Å². The van der Waals surface area contributed by atoms with Gasteiger partial charge in [0.2, 0.25) is 14.0 Å². The first-order valence-electron chi connectivity index (χ1n) is 12.0. The maximum absolute atomic E-state index is 12.8. The number of likely N-dealkylation sites (tertiary alicyclic amines) is 1. The molecule has 2 aliphatic heterocycles. The molecule has 0 saturated carbocycles. The maximum Gasteiger partial charge on any atom is 0.260 e. The van der Waals surface area contributed by atoms with Crippen LogP contribution in [0.4, 0.5) is 0 Å². The van der Waals surface area contributed by atoms with Crippen LogP contribution >= 0.6 is 0 Å². The summed E-state index contributed by atoms with van der Waals surface area (Å²) < 4.78 is 12.4. The van der Waals surface area contributed by atoms with Crippen molar-refractivity contribution in [3.8, 4) is 0 Å². The Balaban J connectivity index is 1.72. The molecule has 0 bridgehead atoms. The third kappa shape index (κ3) is 5.04. The van der Waals surface area contributed by atoms with Crippen LogP contribution in [0.5, 0.6) is 0 Å². The van der Waals surface area contributed by atoms with Crippen molar-refractivity contribution in [1.29, 1.82) is 0 Å². The van der Waals surface area contributed by atoms with Gasteiger partial charge in [-0.3, -0.25) is 14.8 Å². The molecule has 184 valence electrons. The molecule has 0 aromatic carbocycles. The summed E-state index contributed by atoms with van der Waals surface area (Å²) in [7, 11) is -2.17. The lowest BCUT2D eigenvalue weighted by atomic mass is 9.90. The zero-order valence-corrected chi connectivity index (χ0v) is 21.8. The molecule has 1 atom stereocenters. The van der Waals surface area contributed by atoms with Gasteiger partial charge < -0.3 is 18.9 Å². The van der Waals surface area contributed by atoms with Crippen molar-refractivity contribution in [3.63, 3.8) is 0 Å². The zero-order chi connectivity index (χ0) is 24.4. The Hall–Kier alpha value is -2.13. The van der Waals surface area contributed by atoms with E-state index in [1.165, 1.54) is 12.2 Å². The molecule has 3 aliphatic rings. The highest BCUT2D eigenvalue weighted by atomic mass is 28.4. The van der Waals surface area contributed by atoms with E-state index in [0.29, 0.717) is 27.2 Å². The average molecular weight is 479 g/mol. The molecule has 0 aromatic rings. The van der Waals surface area contributed by atoms with Gasteiger partial charge in [0.15, 0.2) is 18.0 Å². The SMILES string of the molecule is CC(C)[Si](OCC1=[N+]([O-])OC2(C=CC(=O)C=C2OCC(=O)N2CCCC2)C1)(C(C)C)C(C)C. The van der Waals surface area contributed by atoms with Crippen molar-refractivity contribution in [3.05, 3.63) is 29.2 Å². The molecule has 9 heteroatoms. The largest absolute Gasteiger partial charge is 0.486 e. The molecule has 8 nitrogen and oxygen atoms in total. The summed E-state index contributed by atoms with van der Waals surface area (Å²) in [5, 5.41) is 12.8. The lowest BCUT2D eigenvalue weighted by Crippen LogP contribution is -2.49. The van der Waals surface area contributed by atoms with E-state index in [-0.39, 0.29) is 37.1 Å². The van der Waals surface area contributed by atoms with E-state index in [9.17, 15) is 14.8 Å². The summed E-state index contributed by atoms with van der Waals surface area (Å²) in [5.74, 6) is -0.198. The maximum atomic E-state index is 12.8. The van der Waals surface area contributed by atoms with Crippen LogP contribution in [-0.2, 0) is 23.6 Å². The summed E-state index contributed by atoms with van der Waals surface area (Å²) in [4.78, 5) is 32.4. The number of amides is 1. The minimum atomic E-state index is -2.17. The molecule has 1 aliphatic carbocycles. The van der Waals surface area contributed by atoms with E-state index in [1.54, 1.807) is 11.0 Å². The molecule has 2 heterocycles. The standard InChI is InChI=1S/C24H38N2O6Si/c1-17(2)33(18(3)4,19(5)6)31-15-20-14-24(32-26(20)29)10-9-21(27)13-22(24)30-16-23(28)25-11-7-8-12-25/h9-10,13,17-19H,7-8,11-12,14-16H2,1-6H3. The third-order valence-electron chi connectivity index (χ3n) is 7.18. The van der Waals surface area contributed by atoms with Gasteiger partial charge in [-0.1, -0.05) is 47.6 Å². The Morgan fingerprint density at radius 2 is 1.79 bits per heavy atom. The Kier molecular flexibility index (Phi) is 7.73. The van der Waals surface area contributed by atoms with E-state index in [0.717, 1.165) is 25.9 Å². The number of hydrogen-bond acceptors (Lipinski definition) is 6. The van der Waals surface area contributed by atoms with Gasteiger partial charge in [0.25, 0.3) is 5.91 Å². The van der Waals surface area contributed by atoms with Crippen molar-refractivity contribution in [2.45, 2.75) is 83.0 Å². The molecule has 1 amide bonds. The normalized spacial score (nSPS) is 23.4. The summed E-state index contributed by atoms with van der Waals surface area (Å²) in [5.41, 5.74) is 0.386. The molecule has 33 heavy (non-hydrogen) atoms. The van der Waals surface area contributed by atoms with E-state index in [4.69, 9.17) is 14.0 Å². The number of carbonyl (C=O) groups is 2. The Labute approximate surface area is 197 Å². The molecule has 1 fully saturated rings. The molecular weight excluding hydrogens is 440 g/mol. The quantitative estimate of drug-likeness (QED) is 0.369. The topological polar surface area (TPSA) is 91.1 Å². The van der Waals surface area contributed by atoms with Crippen LogP contribution in [0, 0.1) is 5.21 Å². The lowest BCUT2D eigenvalue weighted by molar-refractivity contribution is -0.747. The predicted molar refractivity (Wildman–Crippen MR) is 128 cm³/mol. The highest BCUT2D eigenvalue weighted by Gasteiger charge is 2.49. The van der Waals surface area contributed by atoms with Gasteiger partial charge in [-0.2, -0.15) is 0 Å². The van der Waals surface area contributed by atoms with Crippen LogP contribution < -0.4 is 0 Å². The second-order valence-electron chi connectivity index (χ2n) is 10.2. The Morgan fingerprint density at radius 3 is 2.36 bits per heavy atom. The number of hydrogen-bond donors (Lipinski definition) is 0. The molecule has 0 radical (unpaired) electrons. The number of allylic oxidation sites excluding steroid dienone is 2. The zero-order valence-electron chi connectivity index (χ0n) is 20.8. The Morgan fingerprint density at radius 1 is 1.18 bits per heavy atom. The highest BCUT2D eigenvalue weighted by molar-refractivity contribution is 6.77. The molecule has 1 unspecified atom stereocenters. The second-order valence-corrected chi connectivity index (χ2v) is 15.7. The van der Waals surface area contributed by atoms with E-state index in [1.807, 2.05) is 0 Å². The molecule has 0 N–H and O–H groups in total. The fourth-order valence-corrected chi connectivity index (χ4v) is 11.0. The van der Waals surface area contributed by atoms with Crippen molar-refractivity contribution in [2.24, 2.45) is 0 Å². The average Bonchev–Trinajstić information content (AvgIpc) is 3.37. The fraction of sp³-hybridized carbons (Fsp3) is 0.708. The molecule has 1 spiro atoms. The first-order valence-corrected chi connectivity index (χ1v) is 14.2. The molecule has 1 saturated heterocycles. The van der Waals surface area contributed by atoms with E-state index in [2.05, 4.69) is 41.5 Å². The van der Waals surface area contributed by atoms with E-state index >= 15 is 0 Å². The van der Waals surface area contributed by atoms with Gasteiger partial charge in [-0.25, -0.2) is 0 Å². The van der Waals surface area contributed by atoms with Gasteiger partial charge in [0.05, 0.1) is 6.42 Å². The number of rotatable bonds is 9. The first-order chi connectivity index (χ1) is 15.5. The monoisotopic (exact) mass is 478 g/mol. The van der Waals surface area contributed by atoms with Gasteiger partial charge in [-0.05, 0) is 35.5 Å². The van der Waals surface area contributed by atoms with Crippen LogP contribution in [0.25, 0.3) is 0 Å². The van der Waals surface area contributed by atoms with Crippen molar-refractivity contribution < 1.29 is 28.5 Å². The van der Waals surface area contributed by atoms with Crippen molar-refractivity contribution in [2.75, 3.05) is 26.3 Å². The smallest absolute Gasteiger partial charge is 0.260 e. The lowest BCUT2D eigenvalue weighted by Gasteiger charge is -2.41. The summed E-state index contributed by atoms with van der Waals surface area (Å²) >= 11 is 0. The predicted octanol–water partition coefficient (Wildman–Crippen LogP) is 3.87. The number of ether oxygens (including phenoxy) is 1.